The number of hydrogen-bond donors (Lipinski definition) is 2. The summed E-state index contributed by atoms with van der Waals surface area (Å²) in [5, 5.41) is 8.26. The van der Waals surface area contributed by atoms with Crippen molar-refractivity contribution < 1.29 is 14.3 Å². The van der Waals surface area contributed by atoms with E-state index in [0.29, 0.717) is 10.7 Å². The smallest absolute Gasteiger partial charge is 0.325 e. The summed E-state index contributed by atoms with van der Waals surface area (Å²) in [5.74, 6) is -1.06. The molecule has 0 saturated heterocycles. The second kappa shape index (κ2) is 7.98. The molecule has 28 heavy (non-hydrogen) atoms. The highest BCUT2D eigenvalue weighted by atomic mass is 35.5. The largest absolute Gasteiger partial charge is 0.506 e. The Morgan fingerprint density at radius 2 is 1.89 bits per heavy atom. The molecule has 2 atom stereocenters. The van der Waals surface area contributed by atoms with Crippen LogP contribution >= 0.6 is 31.0 Å². The zero-order valence-electron chi connectivity index (χ0n) is 14.6. The summed E-state index contributed by atoms with van der Waals surface area (Å²) in [7, 11) is -2.48. The van der Waals surface area contributed by atoms with Crippen molar-refractivity contribution in [2.24, 2.45) is 0 Å². The van der Waals surface area contributed by atoms with Gasteiger partial charge in [-0.2, -0.15) is 4.89 Å². The lowest BCUT2D eigenvalue weighted by Gasteiger charge is -2.13. The van der Waals surface area contributed by atoms with Gasteiger partial charge in [0.15, 0.2) is 6.16 Å². The van der Waals surface area contributed by atoms with Gasteiger partial charge in [-0.3, -0.25) is 4.79 Å². The Morgan fingerprint density at radius 3 is 2.68 bits per heavy atom. The maximum Gasteiger partial charge on any atom is 0.506 e. The Labute approximate surface area is 171 Å². The van der Waals surface area contributed by atoms with Gasteiger partial charge in [-0.1, -0.05) is 41.9 Å². The Hall–Kier alpha value is -2.30. The number of thiophene rings is 1. The van der Waals surface area contributed by atoms with Gasteiger partial charge >= 0.3 is 8.03 Å². The van der Waals surface area contributed by atoms with Gasteiger partial charge in [0.25, 0.3) is 0 Å². The molecule has 0 aliphatic rings. The number of halogens is 1. The topological polar surface area (TPSA) is 66.4 Å². The van der Waals surface area contributed by atoms with Gasteiger partial charge in [-0.15, -0.1) is 11.3 Å². The number of rotatable bonds is 5. The van der Waals surface area contributed by atoms with Crippen molar-refractivity contribution >= 4 is 63.4 Å². The maximum absolute atomic E-state index is 13.0. The lowest BCUT2D eigenvalue weighted by atomic mass is 9.99. The zero-order valence-corrected chi connectivity index (χ0v) is 17.1. The molecule has 3 aromatic carbocycles. The third-order valence-electron chi connectivity index (χ3n) is 4.61. The van der Waals surface area contributed by atoms with E-state index in [9.17, 15) is 14.3 Å². The number of carbonyl (C=O) groups is 1. The molecule has 0 fully saturated rings. The fourth-order valence-electron chi connectivity index (χ4n) is 3.27. The summed E-state index contributed by atoms with van der Waals surface area (Å²) in [6, 6.07) is 19.0. The van der Waals surface area contributed by atoms with Gasteiger partial charge in [0, 0.05) is 15.4 Å². The molecule has 7 heteroatoms. The second-order valence-electron chi connectivity index (χ2n) is 6.47. The van der Waals surface area contributed by atoms with Crippen LogP contribution in [-0.2, 0) is 9.36 Å². The standard InChI is InChI=1S/C21H15ClNO3PS/c22-15-6-8-20-17(10-15)19(12-28-20)18(11-27(25)26)21(24)23-16-7-5-13-3-1-2-4-14(13)9-16/h1-10,12,18H,11H2,(H-,23,24,25,26)/p+1. The summed E-state index contributed by atoms with van der Waals surface area (Å²) in [4.78, 5) is 22.5. The van der Waals surface area contributed by atoms with Crippen LogP contribution in [0.1, 0.15) is 11.5 Å². The first-order valence-electron chi connectivity index (χ1n) is 8.61. The lowest BCUT2D eigenvalue weighted by molar-refractivity contribution is -0.117. The van der Waals surface area contributed by atoms with Crippen molar-refractivity contribution in [2.45, 2.75) is 5.92 Å². The molecule has 2 N–H and O–H groups in total. The van der Waals surface area contributed by atoms with Crippen LogP contribution in [-0.4, -0.2) is 17.0 Å². The van der Waals surface area contributed by atoms with E-state index in [-0.39, 0.29) is 12.1 Å². The van der Waals surface area contributed by atoms with Crippen molar-refractivity contribution in [2.75, 3.05) is 11.5 Å². The summed E-state index contributed by atoms with van der Waals surface area (Å²) in [5.41, 5.74) is 1.37. The van der Waals surface area contributed by atoms with E-state index >= 15 is 0 Å². The monoisotopic (exact) mass is 428 g/mol. The first-order chi connectivity index (χ1) is 13.5. The molecule has 0 spiro atoms. The molecule has 0 aliphatic carbocycles. The van der Waals surface area contributed by atoms with Crippen LogP contribution in [0.2, 0.25) is 5.02 Å². The van der Waals surface area contributed by atoms with Gasteiger partial charge < -0.3 is 5.32 Å². The van der Waals surface area contributed by atoms with E-state index in [2.05, 4.69) is 5.32 Å². The normalized spacial score (nSPS) is 12.9. The van der Waals surface area contributed by atoms with E-state index < -0.39 is 13.9 Å². The Bertz CT molecular complexity index is 1210. The molecule has 1 aromatic heterocycles. The van der Waals surface area contributed by atoms with Gasteiger partial charge in [0.2, 0.25) is 5.91 Å². The van der Waals surface area contributed by atoms with Crippen LogP contribution in [0.5, 0.6) is 0 Å². The third-order valence-corrected chi connectivity index (χ3v) is 6.51. The van der Waals surface area contributed by atoms with Crippen molar-refractivity contribution in [1.29, 1.82) is 0 Å². The lowest BCUT2D eigenvalue weighted by Crippen LogP contribution is -2.22. The molecule has 1 heterocycles. The minimum Gasteiger partial charge on any atom is -0.325 e. The summed E-state index contributed by atoms with van der Waals surface area (Å²) >= 11 is 7.61. The van der Waals surface area contributed by atoms with Crippen LogP contribution in [0.4, 0.5) is 5.69 Å². The molecule has 0 saturated carbocycles. The number of nitrogens with one attached hydrogen (secondary N) is 1. The van der Waals surface area contributed by atoms with E-state index in [4.69, 9.17) is 11.6 Å². The van der Waals surface area contributed by atoms with E-state index in [1.807, 2.05) is 53.9 Å². The molecule has 0 radical (unpaired) electrons. The van der Waals surface area contributed by atoms with Crippen LogP contribution in [0.3, 0.4) is 0 Å². The summed E-state index contributed by atoms with van der Waals surface area (Å²) < 4.78 is 12.6. The highest BCUT2D eigenvalue weighted by Crippen LogP contribution is 2.37. The first kappa shape index (κ1) is 19.0. The highest BCUT2D eigenvalue weighted by molar-refractivity contribution is 7.38. The Morgan fingerprint density at radius 1 is 1.11 bits per heavy atom. The van der Waals surface area contributed by atoms with Crippen molar-refractivity contribution in [3.8, 4) is 0 Å². The molecule has 2 unspecified atom stereocenters. The number of benzene rings is 3. The molecule has 0 bridgehead atoms. The molecule has 0 aliphatic heterocycles. The number of amides is 1. The highest BCUT2D eigenvalue weighted by Gasteiger charge is 2.32. The fraction of sp³-hybridized carbons (Fsp3) is 0.0952. The van der Waals surface area contributed by atoms with Crippen molar-refractivity contribution in [3.05, 3.63) is 76.6 Å². The van der Waals surface area contributed by atoms with Gasteiger partial charge in [-0.25, -0.2) is 0 Å². The number of anilines is 1. The molecule has 1 amide bonds. The average Bonchev–Trinajstić information content (AvgIpc) is 3.08. The predicted molar refractivity (Wildman–Crippen MR) is 117 cm³/mol. The maximum atomic E-state index is 13.0. The van der Waals surface area contributed by atoms with Crippen molar-refractivity contribution in [3.63, 3.8) is 0 Å². The van der Waals surface area contributed by atoms with Gasteiger partial charge in [0.1, 0.15) is 5.92 Å². The van der Waals surface area contributed by atoms with E-state index in [0.717, 1.165) is 26.4 Å². The molecular formula is C21H16ClNO3PS+. The summed E-state index contributed by atoms with van der Waals surface area (Å²) in [6.07, 6.45) is -0.146. The SMILES string of the molecule is O=C(Nc1ccc2ccccc2c1)C(C[P+](=O)O)c1csc2ccc(Cl)cc12. The quantitative estimate of drug-likeness (QED) is 0.374. The molecule has 140 valence electrons. The van der Waals surface area contributed by atoms with Crippen LogP contribution in [0, 0.1) is 0 Å². The molecule has 4 nitrogen and oxygen atoms in total. The van der Waals surface area contributed by atoms with Crippen LogP contribution in [0.15, 0.2) is 66.0 Å². The van der Waals surface area contributed by atoms with Crippen LogP contribution in [0.25, 0.3) is 20.9 Å². The molecule has 4 aromatic rings. The van der Waals surface area contributed by atoms with Crippen LogP contribution < -0.4 is 5.32 Å². The minimum absolute atomic E-state index is 0.146. The average molecular weight is 429 g/mol. The van der Waals surface area contributed by atoms with Gasteiger partial charge in [0.05, 0.1) is 0 Å². The Kier molecular flexibility index (Phi) is 5.42. The Balaban J connectivity index is 1.68. The summed E-state index contributed by atoms with van der Waals surface area (Å²) in [6.45, 7) is 0. The minimum atomic E-state index is -2.48. The fourth-order valence-corrected chi connectivity index (χ4v) is 5.11. The zero-order chi connectivity index (χ0) is 19.7. The van der Waals surface area contributed by atoms with E-state index in [1.54, 1.807) is 12.1 Å². The number of hydrogen-bond acceptors (Lipinski definition) is 3. The molecule has 4 rings (SSSR count). The molecular weight excluding hydrogens is 413 g/mol. The third kappa shape index (κ3) is 3.94. The number of carbonyl (C=O) groups excluding carboxylic acids is 1. The second-order valence-corrected chi connectivity index (χ2v) is 8.89. The predicted octanol–water partition coefficient (Wildman–Crippen LogP) is 6.16. The van der Waals surface area contributed by atoms with Crippen molar-refractivity contribution in [1.82, 2.24) is 0 Å². The first-order valence-corrected chi connectivity index (χ1v) is 11.3. The number of fused-ring (bicyclic) bond motifs is 2. The van der Waals surface area contributed by atoms with E-state index in [1.165, 1.54) is 11.3 Å². The van der Waals surface area contributed by atoms with Gasteiger partial charge in [-0.05, 0) is 62.0 Å².